The third-order valence-electron chi connectivity index (χ3n) is 4.16. The zero-order valence-electron chi connectivity index (χ0n) is 16.0. The minimum Gasteiger partial charge on any atom is -0.376 e. The molecular weight excluding hydrogens is 465 g/mol. The first-order chi connectivity index (χ1) is 12.0. The molecular formula is C17H30IN5O2S. The van der Waals surface area contributed by atoms with Crippen LogP contribution in [0.4, 0.5) is 0 Å². The molecule has 1 aromatic heterocycles. The predicted molar refractivity (Wildman–Crippen MR) is 117 cm³/mol. The molecule has 1 amide bonds. The van der Waals surface area contributed by atoms with Crippen molar-refractivity contribution in [3.63, 3.8) is 0 Å². The molecule has 1 aromatic rings. The van der Waals surface area contributed by atoms with Crippen LogP contribution in [0.3, 0.4) is 0 Å². The van der Waals surface area contributed by atoms with E-state index in [0.717, 1.165) is 37.0 Å². The molecule has 7 nitrogen and oxygen atoms in total. The van der Waals surface area contributed by atoms with Crippen LogP contribution in [0, 0.1) is 0 Å². The molecule has 9 heteroatoms. The van der Waals surface area contributed by atoms with Gasteiger partial charge in [-0.25, -0.2) is 9.98 Å². The standard InChI is InChI=1S/C17H29N5O2S.HI/c1-13(16-18-7-9-25-16)12-22(4)17(20-11-15(23)21(2)3)19-10-14-6-5-8-24-14;/h7,9,13-14H,5-6,8,10-12H2,1-4H3,(H,19,20);1H. The second-order valence-corrected chi connectivity index (χ2v) is 7.52. The average Bonchev–Trinajstić information content (AvgIpc) is 3.27. The first-order valence-corrected chi connectivity index (χ1v) is 9.56. The van der Waals surface area contributed by atoms with Crippen LogP contribution in [-0.4, -0.2) is 80.1 Å². The number of carbonyl (C=O) groups is 1. The van der Waals surface area contributed by atoms with E-state index in [1.807, 2.05) is 18.6 Å². The molecule has 2 rings (SSSR count). The molecule has 1 saturated heterocycles. The molecule has 0 radical (unpaired) electrons. The molecule has 1 aliphatic rings. The molecule has 0 spiro atoms. The number of aromatic nitrogens is 1. The summed E-state index contributed by atoms with van der Waals surface area (Å²) in [4.78, 5) is 24.4. The first kappa shape index (κ1) is 23.1. The normalized spacial score (nSPS) is 18.2. The van der Waals surface area contributed by atoms with Gasteiger partial charge in [-0.1, -0.05) is 6.92 Å². The highest BCUT2D eigenvalue weighted by atomic mass is 127. The van der Waals surface area contributed by atoms with Gasteiger partial charge in [0, 0.05) is 58.3 Å². The maximum atomic E-state index is 11.9. The number of carbonyl (C=O) groups excluding carboxylic acids is 1. The highest BCUT2D eigenvalue weighted by Crippen LogP contribution is 2.18. The summed E-state index contributed by atoms with van der Waals surface area (Å²) in [5.74, 6) is 1.01. The number of nitrogens with zero attached hydrogens (tertiary/aromatic N) is 4. The summed E-state index contributed by atoms with van der Waals surface area (Å²) in [5, 5.41) is 6.47. The Hall–Kier alpha value is -0.940. The number of aliphatic imine (C=N–C) groups is 1. The van der Waals surface area contributed by atoms with Crippen molar-refractivity contribution in [1.29, 1.82) is 0 Å². The lowest BCUT2D eigenvalue weighted by Gasteiger charge is -2.26. The summed E-state index contributed by atoms with van der Waals surface area (Å²) in [6.45, 7) is 4.61. The Bertz CT molecular complexity index is 562. The number of hydrogen-bond acceptors (Lipinski definition) is 5. The monoisotopic (exact) mass is 495 g/mol. The lowest BCUT2D eigenvalue weighted by atomic mass is 10.2. The van der Waals surface area contributed by atoms with Crippen LogP contribution < -0.4 is 5.32 Å². The second-order valence-electron chi connectivity index (χ2n) is 6.60. The SMILES string of the molecule is CC(CN(C)C(=NCC(=O)N(C)C)NCC1CCCO1)c1nccs1.I. The largest absolute Gasteiger partial charge is 0.376 e. The quantitative estimate of drug-likeness (QED) is 0.356. The number of amides is 1. The van der Waals surface area contributed by atoms with Gasteiger partial charge < -0.3 is 19.9 Å². The molecule has 0 aromatic carbocycles. The number of thiazole rings is 1. The van der Waals surface area contributed by atoms with Gasteiger partial charge in [-0.2, -0.15) is 0 Å². The van der Waals surface area contributed by atoms with Gasteiger partial charge in [0.2, 0.25) is 5.91 Å². The Morgan fingerprint density at radius 1 is 1.50 bits per heavy atom. The van der Waals surface area contributed by atoms with Crippen LogP contribution in [0.2, 0.25) is 0 Å². The molecule has 0 aliphatic carbocycles. The van der Waals surface area contributed by atoms with E-state index < -0.39 is 0 Å². The van der Waals surface area contributed by atoms with Gasteiger partial charge in [-0.05, 0) is 12.8 Å². The molecule has 148 valence electrons. The molecule has 2 unspecified atom stereocenters. The van der Waals surface area contributed by atoms with Crippen molar-refractivity contribution in [2.75, 3.05) is 47.4 Å². The lowest BCUT2D eigenvalue weighted by molar-refractivity contribution is -0.127. The maximum absolute atomic E-state index is 11.9. The van der Waals surface area contributed by atoms with Crippen molar-refractivity contribution in [3.05, 3.63) is 16.6 Å². The van der Waals surface area contributed by atoms with Gasteiger partial charge in [-0.15, -0.1) is 35.3 Å². The molecule has 2 heterocycles. The average molecular weight is 495 g/mol. The van der Waals surface area contributed by atoms with Crippen molar-refractivity contribution < 1.29 is 9.53 Å². The number of ether oxygens (including phenoxy) is 1. The highest BCUT2D eigenvalue weighted by Gasteiger charge is 2.19. The van der Waals surface area contributed by atoms with E-state index >= 15 is 0 Å². The van der Waals surface area contributed by atoms with Crippen molar-refractivity contribution in [3.8, 4) is 0 Å². The van der Waals surface area contributed by atoms with Gasteiger partial charge in [-0.3, -0.25) is 4.79 Å². The summed E-state index contributed by atoms with van der Waals surface area (Å²) in [7, 11) is 5.47. The predicted octanol–water partition coefficient (Wildman–Crippen LogP) is 2.01. The van der Waals surface area contributed by atoms with Crippen LogP contribution in [0.25, 0.3) is 0 Å². The Morgan fingerprint density at radius 2 is 2.27 bits per heavy atom. The topological polar surface area (TPSA) is 70.1 Å². The zero-order chi connectivity index (χ0) is 18.2. The van der Waals surface area contributed by atoms with E-state index in [9.17, 15) is 4.79 Å². The number of likely N-dealkylation sites (N-methyl/N-ethyl adjacent to an activating group) is 2. The van der Waals surface area contributed by atoms with Gasteiger partial charge in [0.1, 0.15) is 6.54 Å². The molecule has 26 heavy (non-hydrogen) atoms. The van der Waals surface area contributed by atoms with Crippen molar-refractivity contribution in [1.82, 2.24) is 20.1 Å². The third kappa shape index (κ3) is 7.36. The van der Waals surface area contributed by atoms with Crippen LogP contribution in [-0.2, 0) is 9.53 Å². The van der Waals surface area contributed by atoms with E-state index in [4.69, 9.17) is 4.74 Å². The summed E-state index contributed by atoms with van der Waals surface area (Å²) >= 11 is 1.66. The molecule has 1 N–H and O–H groups in total. The van der Waals surface area contributed by atoms with Crippen molar-refractivity contribution >= 4 is 47.2 Å². The Kier molecular flexibility index (Phi) is 10.4. The van der Waals surface area contributed by atoms with Gasteiger partial charge in [0.25, 0.3) is 0 Å². The van der Waals surface area contributed by atoms with Crippen LogP contribution >= 0.6 is 35.3 Å². The first-order valence-electron chi connectivity index (χ1n) is 8.68. The van der Waals surface area contributed by atoms with E-state index in [2.05, 4.69) is 27.1 Å². The second kappa shape index (κ2) is 11.7. The minimum absolute atomic E-state index is 0. The van der Waals surface area contributed by atoms with Crippen molar-refractivity contribution in [2.24, 2.45) is 4.99 Å². The molecule has 1 aliphatic heterocycles. The minimum atomic E-state index is -0.0159. The van der Waals surface area contributed by atoms with Crippen LogP contribution in [0.5, 0.6) is 0 Å². The molecule has 2 atom stereocenters. The summed E-state index contributed by atoms with van der Waals surface area (Å²) in [5.41, 5.74) is 0. The lowest BCUT2D eigenvalue weighted by Crippen LogP contribution is -2.44. The highest BCUT2D eigenvalue weighted by molar-refractivity contribution is 14.0. The number of halogens is 1. The Morgan fingerprint density at radius 3 is 2.85 bits per heavy atom. The van der Waals surface area contributed by atoms with Crippen molar-refractivity contribution in [2.45, 2.75) is 31.8 Å². The van der Waals surface area contributed by atoms with Crippen LogP contribution in [0.15, 0.2) is 16.6 Å². The van der Waals surface area contributed by atoms with E-state index in [0.29, 0.717) is 12.5 Å². The summed E-state index contributed by atoms with van der Waals surface area (Å²) < 4.78 is 5.67. The molecule has 0 saturated carbocycles. The van der Waals surface area contributed by atoms with Gasteiger partial charge in [0.05, 0.1) is 11.1 Å². The Labute approximate surface area is 177 Å². The number of hydrogen-bond donors (Lipinski definition) is 1. The number of guanidine groups is 1. The fourth-order valence-corrected chi connectivity index (χ4v) is 3.35. The summed E-state index contributed by atoms with van der Waals surface area (Å²) in [6, 6.07) is 0. The molecule has 1 fully saturated rings. The van der Waals surface area contributed by atoms with E-state index in [-0.39, 0.29) is 42.5 Å². The summed E-state index contributed by atoms with van der Waals surface area (Å²) in [6.07, 6.45) is 4.22. The number of rotatable bonds is 7. The smallest absolute Gasteiger partial charge is 0.243 e. The van der Waals surface area contributed by atoms with E-state index in [1.165, 1.54) is 0 Å². The van der Waals surface area contributed by atoms with Crippen LogP contribution in [0.1, 0.15) is 30.7 Å². The maximum Gasteiger partial charge on any atom is 0.243 e. The molecule has 0 bridgehead atoms. The third-order valence-corrected chi connectivity index (χ3v) is 5.16. The fourth-order valence-electron chi connectivity index (χ4n) is 2.66. The number of nitrogens with one attached hydrogen (secondary N) is 1. The Balaban J connectivity index is 0.00000338. The fraction of sp³-hybridized carbons (Fsp3) is 0.706. The zero-order valence-corrected chi connectivity index (χ0v) is 19.1. The van der Waals surface area contributed by atoms with Gasteiger partial charge in [0.15, 0.2) is 5.96 Å². The van der Waals surface area contributed by atoms with Gasteiger partial charge >= 0.3 is 0 Å². The van der Waals surface area contributed by atoms with E-state index in [1.54, 1.807) is 30.3 Å².